The van der Waals surface area contributed by atoms with Gasteiger partial charge in [-0.1, -0.05) is 12.1 Å². The number of nitrogens with one attached hydrogen (secondary N) is 1. The number of fused-ring (bicyclic) bond motifs is 1. The van der Waals surface area contributed by atoms with Gasteiger partial charge in [-0.2, -0.15) is 0 Å². The van der Waals surface area contributed by atoms with Crippen molar-refractivity contribution in [3.05, 3.63) is 34.9 Å². The second-order valence-electron chi connectivity index (χ2n) is 5.80. The molecule has 2 N–H and O–H groups in total. The lowest BCUT2D eigenvalue weighted by atomic mass is 9.86. The number of carbonyl (C=O) groups excluding carboxylic acids is 1. The van der Waals surface area contributed by atoms with E-state index in [-0.39, 0.29) is 17.9 Å². The number of hydrogen-bond donors (Lipinski definition) is 2. The Labute approximate surface area is 123 Å². The molecule has 0 saturated heterocycles. The van der Waals surface area contributed by atoms with Crippen molar-refractivity contribution in [3.63, 3.8) is 0 Å². The summed E-state index contributed by atoms with van der Waals surface area (Å²) in [5.41, 5.74) is 2.75. The van der Waals surface area contributed by atoms with E-state index >= 15 is 0 Å². The van der Waals surface area contributed by atoms with Crippen LogP contribution in [-0.2, 0) is 22.7 Å². The van der Waals surface area contributed by atoms with Gasteiger partial charge in [-0.3, -0.25) is 9.59 Å². The highest BCUT2D eigenvalue weighted by molar-refractivity contribution is 5.96. The van der Waals surface area contributed by atoms with Gasteiger partial charge in [0, 0.05) is 11.6 Å². The van der Waals surface area contributed by atoms with Crippen LogP contribution < -0.4 is 5.32 Å². The lowest BCUT2D eigenvalue weighted by Crippen LogP contribution is -2.39. The van der Waals surface area contributed by atoms with Crippen LogP contribution in [0.15, 0.2) is 18.2 Å². The van der Waals surface area contributed by atoms with E-state index in [0.29, 0.717) is 31.6 Å². The van der Waals surface area contributed by atoms with Gasteiger partial charge in [-0.05, 0) is 42.9 Å². The monoisotopic (exact) mass is 289 g/mol. The summed E-state index contributed by atoms with van der Waals surface area (Å²) in [5.74, 6) is -1.05. The smallest absolute Gasteiger partial charge is 0.306 e. The molecule has 1 aromatic rings. The Hall–Kier alpha value is -1.88. The van der Waals surface area contributed by atoms with Crippen molar-refractivity contribution in [2.45, 2.75) is 44.9 Å². The summed E-state index contributed by atoms with van der Waals surface area (Å²) in [6, 6.07) is 5.76. The van der Waals surface area contributed by atoms with E-state index in [9.17, 15) is 9.59 Å². The number of aliphatic carboxylic acids is 1. The topological polar surface area (TPSA) is 75.6 Å². The van der Waals surface area contributed by atoms with E-state index in [1.165, 1.54) is 0 Å². The molecule has 21 heavy (non-hydrogen) atoms. The first-order valence-corrected chi connectivity index (χ1v) is 7.37. The zero-order valence-corrected chi connectivity index (χ0v) is 11.8. The molecule has 2 aliphatic rings. The van der Waals surface area contributed by atoms with Crippen LogP contribution in [0, 0.1) is 5.92 Å². The molecule has 5 heteroatoms. The van der Waals surface area contributed by atoms with E-state index in [1.54, 1.807) is 0 Å². The summed E-state index contributed by atoms with van der Waals surface area (Å²) >= 11 is 0. The number of carboxylic acid groups (broad SMARTS) is 1. The van der Waals surface area contributed by atoms with Crippen LogP contribution >= 0.6 is 0 Å². The first-order chi connectivity index (χ1) is 10.1. The van der Waals surface area contributed by atoms with Crippen molar-refractivity contribution in [1.82, 2.24) is 5.32 Å². The SMILES string of the molecule is O=C(NC1CCC(C(=O)O)CC1)c1cccc2c1COC2. The zero-order valence-electron chi connectivity index (χ0n) is 11.8. The second-order valence-corrected chi connectivity index (χ2v) is 5.80. The van der Waals surface area contributed by atoms with Crippen molar-refractivity contribution < 1.29 is 19.4 Å². The maximum atomic E-state index is 12.4. The highest BCUT2D eigenvalue weighted by Gasteiger charge is 2.28. The molecule has 0 atom stereocenters. The molecule has 1 aromatic carbocycles. The highest BCUT2D eigenvalue weighted by atomic mass is 16.5. The number of benzene rings is 1. The third kappa shape index (κ3) is 2.93. The highest BCUT2D eigenvalue weighted by Crippen LogP contribution is 2.26. The molecule has 0 spiro atoms. The van der Waals surface area contributed by atoms with Crippen molar-refractivity contribution in [2.24, 2.45) is 5.92 Å². The second kappa shape index (κ2) is 5.85. The zero-order chi connectivity index (χ0) is 14.8. The van der Waals surface area contributed by atoms with E-state index in [1.807, 2.05) is 18.2 Å². The largest absolute Gasteiger partial charge is 0.481 e. The maximum Gasteiger partial charge on any atom is 0.306 e. The van der Waals surface area contributed by atoms with Crippen LogP contribution in [0.25, 0.3) is 0 Å². The van der Waals surface area contributed by atoms with Crippen LogP contribution in [0.1, 0.15) is 47.2 Å². The van der Waals surface area contributed by atoms with Crippen LogP contribution in [0.5, 0.6) is 0 Å². The first-order valence-electron chi connectivity index (χ1n) is 7.37. The van der Waals surface area contributed by atoms with Crippen molar-refractivity contribution in [1.29, 1.82) is 0 Å². The van der Waals surface area contributed by atoms with Gasteiger partial charge >= 0.3 is 5.97 Å². The van der Waals surface area contributed by atoms with Gasteiger partial charge in [0.2, 0.25) is 0 Å². The average molecular weight is 289 g/mol. The minimum Gasteiger partial charge on any atom is -0.481 e. The van der Waals surface area contributed by atoms with E-state index in [4.69, 9.17) is 9.84 Å². The van der Waals surface area contributed by atoms with Gasteiger partial charge in [0.1, 0.15) is 0 Å². The van der Waals surface area contributed by atoms with E-state index in [0.717, 1.165) is 24.0 Å². The minimum atomic E-state index is -0.724. The molecule has 1 aliphatic carbocycles. The van der Waals surface area contributed by atoms with Crippen LogP contribution in [0.4, 0.5) is 0 Å². The van der Waals surface area contributed by atoms with Gasteiger partial charge in [0.25, 0.3) is 5.91 Å². The average Bonchev–Trinajstić information content (AvgIpc) is 2.96. The molecule has 1 aliphatic heterocycles. The summed E-state index contributed by atoms with van der Waals surface area (Å²) in [6.07, 6.45) is 2.73. The predicted molar refractivity (Wildman–Crippen MR) is 75.8 cm³/mol. The summed E-state index contributed by atoms with van der Waals surface area (Å²) < 4.78 is 5.39. The number of rotatable bonds is 3. The van der Waals surface area contributed by atoms with Crippen LogP contribution in [0.2, 0.25) is 0 Å². The Bertz CT molecular complexity index is 561. The summed E-state index contributed by atoms with van der Waals surface area (Å²) in [6.45, 7) is 1.06. The molecule has 0 aromatic heterocycles. The molecule has 112 valence electrons. The molecule has 1 heterocycles. The Balaban J connectivity index is 1.63. The number of carbonyl (C=O) groups is 2. The maximum absolute atomic E-state index is 12.4. The van der Waals surface area contributed by atoms with E-state index < -0.39 is 5.97 Å². The fourth-order valence-corrected chi connectivity index (χ4v) is 3.16. The van der Waals surface area contributed by atoms with Gasteiger partial charge in [-0.15, -0.1) is 0 Å². The molecule has 1 amide bonds. The summed E-state index contributed by atoms with van der Waals surface area (Å²) in [5, 5.41) is 12.0. The minimum absolute atomic E-state index is 0.0730. The Morgan fingerprint density at radius 1 is 1.14 bits per heavy atom. The van der Waals surface area contributed by atoms with Crippen LogP contribution in [-0.4, -0.2) is 23.0 Å². The van der Waals surface area contributed by atoms with Crippen molar-refractivity contribution in [3.8, 4) is 0 Å². The van der Waals surface area contributed by atoms with Crippen molar-refractivity contribution in [2.75, 3.05) is 0 Å². The Morgan fingerprint density at radius 2 is 1.90 bits per heavy atom. The molecule has 0 radical (unpaired) electrons. The number of amides is 1. The molecule has 0 bridgehead atoms. The molecule has 3 rings (SSSR count). The summed E-state index contributed by atoms with van der Waals surface area (Å²) in [4.78, 5) is 23.3. The molecule has 0 unspecified atom stereocenters. The normalized spacial score (nSPS) is 24.4. The van der Waals surface area contributed by atoms with Gasteiger partial charge in [-0.25, -0.2) is 0 Å². The van der Waals surface area contributed by atoms with Crippen LogP contribution in [0.3, 0.4) is 0 Å². The van der Waals surface area contributed by atoms with Gasteiger partial charge < -0.3 is 15.2 Å². The molecule has 5 nitrogen and oxygen atoms in total. The number of carboxylic acids is 1. The number of hydrogen-bond acceptors (Lipinski definition) is 3. The molecule has 1 fully saturated rings. The lowest BCUT2D eigenvalue weighted by molar-refractivity contribution is -0.142. The van der Waals surface area contributed by atoms with E-state index in [2.05, 4.69) is 5.32 Å². The third-order valence-electron chi connectivity index (χ3n) is 4.43. The molecular weight excluding hydrogens is 270 g/mol. The number of ether oxygens (including phenoxy) is 1. The quantitative estimate of drug-likeness (QED) is 0.893. The fourth-order valence-electron chi connectivity index (χ4n) is 3.16. The molecular formula is C16H19NO4. The third-order valence-corrected chi connectivity index (χ3v) is 4.43. The van der Waals surface area contributed by atoms with Gasteiger partial charge in [0.15, 0.2) is 0 Å². The van der Waals surface area contributed by atoms with Crippen molar-refractivity contribution >= 4 is 11.9 Å². The standard InChI is InChI=1S/C16H19NO4/c18-15(13-3-1-2-11-8-21-9-14(11)13)17-12-6-4-10(5-7-12)16(19)20/h1-3,10,12H,4-9H2,(H,17,18)(H,19,20). The van der Waals surface area contributed by atoms with Gasteiger partial charge in [0.05, 0.1) is 19.1 Å². The lowest BCUT2D eigenvalue weighted by Gasteiger charge is -2.27. The first kappa shape index (κ1) is 14.1. The fraction of sp³-hybridized carbons (Fsp3) is 0.500. The predicted octanol–water partition coefficient (Wildman–Crippen LogP) is 2.09. The molecule has 1 saturated carbocycles. The summed E-state index contributed by atoms with van der Waals surface area (Å²) in [7, 11) is 0. The Morgan fingerprint density at radius 3 is 2.62 bits per heavy atom. The Kier molecular flexibility index (Phi) is 3.92.